The van der Waals surface area contributed by atoms with Crippen molar-refractivity contribution in [3.63, 3.8) is 0 Å². The summed E-state index contributed by atoms with van der Waals surface area (Å²) >= 11 is 0. The lowest BCUT2D eigenvalue weighted by molar-refractivity contribution is -0.341. The molecular formula is C8H8F3N3O. The maximum atomic E-state index is 11.6. The zero-order valence-electron chi connectivity index (χ0n) is 7.45. The van der Waals surface area contributed by atoms with Crippen LogP contribution in [0.2, 0.25) is 0 Å². The summed E-state index contributed by atoms with van der Waals surface area (Å²) < 4.78 is 34.7. The van der Waals surface area contributed by atoms with Crippen molar-refractivity contribution in [3.05, 3.63) is 30.3 Å². The lowest BCUT2D eigenvalue weighted by Crippen LogP contribution is -2.36. The first kappa shape index (κ1) is 11.3. The van der Waals surface area contributed by atoms with Crippen molar-refractivity contribution >= 4 is 11.6 Å². The molecule has 0 unspecified atom stereocenters. The molecule has 0 aliphatic heterocycles. The summed E-state index contributed by atoms with van der Waals surface area (Å²) in [5.41, 5.74) is 7.02. The van der Waals surface area contributed by atoms with E-state index in [9.17, 15) is 13.2 Å². The summed E-state index contributed by atoms with van der Waals surface area (Å²) in [6.07, 6.45) is -4.79. The van der Waals surface area contributed by atoms with Gasteiger partial charge in [-0.05, 0) is 12.1 Å². The molecule has 0 aliphatic carbocycles. The molecule has 82 valence electrons. The van der Waals surface area contributed by atoms with Crippen molar-refractivity contribution in [3.8, 4) is 0 Å². The molecule has 3 N–H and O–H groups in total. The van der Waals surface area contributed by atoms with Gasteiger partial charge in [-0.3, -0.25) is 0 Å². The predicted molar refractivity (Wildman–Crippen MR) is 48.0 cm³/mol. The van der Waals surface area contributed by atoms with E-state index >= 15 is 0 Å². The lowest BCUT2D eigenvalue weighted by Gasteiger charge is -2.07. The third-order valence-corrected chi connectivity index (χ3v) is 1.28. The molecule has 0 heterocycles. The van der Waals surface area contributed by atoms with E-state index in [0.717, 1.165) is 0 Å². The molecule has 0 atom stereocenters. The van der Waals surface area contributed by atoms with Crippen LogP contribution in [0.25, 0.3) is 0 Å². The molecule has 0 amide bonds. The van der Waals surface area contributed by atoms with Gasteiger partial charge >= 0.3 is 6.36 Å². The molecule has 7 heteroatoms. The van der Waals surface area contributed by atoms with Gasteiger partial charge in [-0.1, -0.05) is 18.2 Å². The number of hydrogen-bond donors (Lipinski definition) is 2. The molecule has 0 saturated carbocycles. The number of nitrogens with two attached hydrogens (primary N) is 1. The maximum Gasteiger partial charge on any atom is 0.543 e. The van der Waals surface area contributed by atoms with Crippen LogP contribution in [0.1, 0.15) is 0 Å². The minimum absolute atomic E-state index is 0.424. The zero-order valence-corrected chi connectivity index (χ0v) is 7.45. The number of aliphatic imine (C=N–C) groups is 1. The quantitative estimate of drug-likeness (QED) is 0.452. The third-order valence-electron chi connectivity index (χ3n) is 1.28. The molecule has 0 radical (unpaired) electrons. The Morgan fingerprint density at radius 1 is 1.27 bits per heavy atom. The molecule has 15 heavy (non-hydrogen) atoms. The van der Waals surface area contributed by atoms with Gasteiger partial charge in [0.1, 0.15) is 0 Å². The number of nitrogens with one attached hydrogen (secondary N) is 1. The Bertz CT molecular complexity index is 337. The van der Waals surface area contributed by atoms with Gasteiger partial charge in [-0.25, -0.2) is 10.5 Å². The fourth-order valence-corrected chi connectivity index (χ4v) is 0.775. The molecule has 0 spiro atoms. The van der Waals surface area contributed by atoms with Crippen molar-refractivity contribution < 1.29 is 18.0 Å². The van der Waals surface area contributed by atoms with E-state index in [1.54, 1.807) is 30.3 Å². The second-order valence-corrected chi connectivity index (χ2v) is 2.48. The van der Waals surface area contributed by atoms with Crippen LogP contribution in [-0.2, 0) is 4.84 Å². The van der Waals surface area contributed by atoms with Crippen LogP contribution in [0.5, 0.6) is 0 Å². The second-order valence-electron chi connectivity index (χ2n) is 2.48. The average molecular weight is 219 g/mol. The number of benzene rings is 1. The van der Waals surface area contributed by atoms with Gasteiger partial charge in [0.15, 0.2) is 0 Å². The Labute approximate surface area is 83.5 Å². The van der Waals surface area contributed by atoms with E-state index in [2.05, 4.69) is 9.83 Å². The summed E-state index contributed by atoms with van der Waals surface area (Å²) in [6.45, 7) is 0. The van der Waals surface area contributed by atoms with Gasteiger partial charge < -0.3 is 5.73 Å². The summed E-state index contributed by atoms with van der Waals surface area (Å²) in [6, 6.07) is 8.27. The molecule has 0 bridgehead atoms. The number of guanidine groups is 1. The van der Waals surface area contributed by atoms with Crippen molar-refractivity contribution in [1.82, 2.24) is 5.48 Å². The minimum atomic E-state index is -4.79. The Morgan fingerprint density at radius 3 is 2.40 bits per heavy atom. The molecule has 1 aromatic carbocycles. The Hall–Kier alpha value is -1.76. The normalized spacial score (nSPS) is 12.6. The number of hydrogen-bond acceptors (Lipinski definition) is 2. The molecule has 1 aromatic rings. The van der Waals surface area contributed by atoms with Crippen LogP contribution in [-0.4, -0.2) is 12.3 Å². The van der Waals surface area contributed by atoms with Crippen LogP contribution >= 0.6 is 0 Å². The minimum Gasteiger partial charge on any atom is -0.368 e. The molecule has 0 saturated heterocycles. The third kappa shape index (κ3) is 4.87. The number of alkyl halides is 3. The van der Waals surface area contributed by atoms with E-state index in [-0.39, 0.29) is 0 Å². The molecule has 4 nitrogen and oxygen atoms in total. The van der Waals surface area contributed by atoms with Gasteiger partial charge in [0.05, 0.1) is 5.69 Å². The van der Waals surface area contributed by atoms with E-state index < -0.39 is 12.3 Å². The molecule has 0 fully saturated rings. The Morgan fingerprint density at radius 2 is 1.87 bits per heavy atom. The number of rotatable bonds is 2. The average Bonchev–Trinajstić information content (AvgIpc) is 2.15. The SMILES string of the molecule is NC(=Nc1ccccc1)NOC(F)(F)F. The van der Waals surface area contributed by atoms with E-state index in [1.165, 1.54) is 5.48 Å². The Balaban J connectivity index is 2.54. The highest BCUT2D eigenvalue weighted by Gasteiger charge is 2.30. The zero-order chi connectivity index (χ0) is 11.3. The molecule has 0 aliphatic rings. The first-order chi connectivity index (χ1) is 6.97. The van der Waals surface area contributed by atoms with Crippen molar-refractivity contribution in [2.45, 2.75) is 6.36 Å². The highest BCUT2D eigenvalue weighted by molar-refractivity contribution is 5.79. The largest absolute Gasteiger partial charge is 0.543 e. The van der Waals surface area contributed by atoms with Crippen molar-refractivity contribution in [2.24, 2.45) is 10.7 Å². The topological polar surface area (TPSA) is 59.6 Å². The van der Waals surface area contributed by atoms with Gasteiger partial charge in [0.25, 0.3) is 0 Å². The number of hydroxylamine groups is 1. The predicted octanol–water partition coefficient (Wildman–Crippen LogP) is 1.67. The second kappa shape index (κ2) is 4.65. The standard InChI is InChI=1S/C8H8F3N3O/c9-8(10,11)15-14-7(12)13-6-4-2-1-3-5-6/h1-5H,(H3,12,13,14). The van der Waals surface area contributed by atoms with E-state index in [4.69, 9.17) is 5.73 Å². The lowest BCUT2D eigenvalue weighted by atomic mass is 10.3. The summed E-state index contributed by atoms with van der Waals surface area (Å²) in [7, 11) is 0. The summed E-state index contributed by atoms with van der Waals surface area (Å²) in [5.74, 6) is -0.474. The molecule has 1 rings (SSSR count). The van der Waals surface area contributed by atoms with Crippen LogP contribution in [0.3, 0.4) is 0 Å². The van der Waals surface area contributed by atoms with Crippen molar-refractivity contribution in [2.75, 3.05) is 0 Å². The van der Waals surface area contributed by atoms with Crippen molar-refractivity contribution in [1.29, 1.82) is 0 Å². The van der Waals surface area contributed by atoms with Crippen LogP contribution in [0.4, 0.5) is 18.9 Å². The summed E-state index contributed by atoms with van der Waals surface area (Å²) in [4.78, 5) is 6.88. The summed E-state index contributed by atoms with van der Waals surface area (Å²) in [5, 5.41) is 0. The van der Waals surface area contributed by atoms with Gasteiger partial charge in [0, 0.05) is 0 Å². The molecule has 0 aromatic heterocycles. The van der Waals surface area contributed by atoms with Gasteiger partial charge in [-0.15, -0.1) is 13.2 Å². The Kier molecular flexibility index (Phi) is 3.51. The van der Waals surface area contributed by atoms with Crippen LogP contribution < -0.4 is 11.2 Å². The fraction of sp³-hybridized carbons (Fsp3) is 0.125. The van der Waals surface area contributed by atoms with E-state index in [1.807, 2.05) is 0 Å². The van der Waals surface area contributed by atoms with Crippen LogP contribution in [0.15, 0.2) is 35.3 Å². The number of halogens is 3. The highest BCUT2D eigenvalue weighted by atomic mass is 19.4. The fourth-order valence-electron chi connectivity index (χ4n) is 0.775. The maximum absolute atomic E-state index is 11.6. The highest BCUT2D eigenvalue weighted by Crippen LogP contribution is 2.14. The number of nitrogens with zero attached hydrogens (tertiary/aromatic N) is 1. The number of para-hydroxylation sites is 1. The van der Waals surface area contributed by atoms with Gasteiger partial charge in [0.2, 0.25) is 5.96 Å². The monoisotopic (exact) mass is 219 g/mol. The van der Waals surface area contributed by atoms with E-state index in [0.29, 0.717) is 5.69 Å². The smallest absolute Gasteiger partial charge is 0.368 e. The van der Waals surface area contributed by atoms with Crippen LogP contribution in [0, 0.1) is 0 Å². The first-order valence-corrected chi connectivity index (χ1v) is 3.87. The molecular weight excluding hydrogens is 211 g/mol. The van der Waals surface area contributed by atoms with Gasteiger partial charge in [-0.2, -0.15) is 4.84 Å². The first-order valence-electron chi connectivity index (χ1n) is 3.87.